The van der Waals surface area contributed by atoms with Gasteiger partial charge in [0.15, 0.2) is 6.61 Å². The molecule has 0 unspecified atom stereocenters. The maximum Gasteiger partial charge on any atom is 0.202 e. The van der Waals surface area contributed by atoms with Crippen LogP contribution in [-0.4, -0.2) is 17.4 Å². The van der Waals surface area contributed by atoms with Crippen LogP contribution in [0.15, 0.2) is 24.3 Å². The first-order valence-corrected chi connectivity index (χ1v) is 6.50. The monoisotopic (exact) mass is 297 g/mol. The number of aromatic nitrogens is 1. The normalized spacial score (nSPS) is 10.5. The Balaban J connectivity index is 2.08. The van der Waals surface area contributed by atoms with Crippen LogP contribution >= 0.6 is 23.2 Å². The molecule has 0 radical (unpaired) electrons. The molecule has 19 heavy (non-hydrogen) atoms. The SMILES string of the molecule is Cc1cc(C(=O)COc2cc(Cl)ccc2Cl)c(C)[nH]1. The smallest absolute Gasteiger partial charge is 0.202 e. The number of halogens is 2. The number of nitrogens with one attached hydrogen (secondary N) is 1. The summed E-state index contributed by atoms with van der Waals surface area (Å²) in [5.41, 5.74) is 2.42. The number of aryl methyl sites for hydroxylation is 2. The van der Waals surface area contributed by atoms with Crippen molar-refractivity contribution in [1.82, 2.24) is 4.98 Å². The molecule has 2 rings (SSSR count). The van der Waals surface area contributed by atoms with E-state index in [1.807, 2.05) is 13.8 Å². The van der Waals surface area contributed by atoms with E-state index in [2.05, 4.69) is 4.98 Å². The number of hydrogen-bond acceptors (Lipinski definition) is 2. The van der Waals surface area contributed by atoms with Crippen LogP contribution in [0.4, 0.5) is 0 Å². The lowest BCUT2D eigenvalue weighted by Crippen LogP contribution is -2.12. The lowest BCUT2D eigenvalue weighted by Gasteiger charge is -2.07. The molecule has 1 aromatic heterocycles. The Morgan fingerprint density at radius 1 is 1.26 bits per heavy atom. The van der Waals surface area contributed by atoms with E-state index < -0.39 is 0 Å². The zero-order valence-electron chi connectivity index (χ0n) is 10.6. The molecule has 0 fully saturated rings. The lowest BCUT2D eigenvalue weighted by molar-refractivity contribution is 0.0921. The second-order valence-electron chi connectivity index (χ2n) is 4.28. The first-order chi connectivity index (χ1) is 8.97. The van der Waals surface area contributed by atoms with E-state index in [0.29, 0.717) is 21.4 Å². The van der Waals surface area contributed by atoms with Gasteiger partial charge in [-0.05, 0) is 32.0 Å². The van der Waals surface area contributed by atoms with E-state index in [9.17, 15) is 4.79 Å². The van der Waals surface area contributed by atoms with Crippen LogP contribution in [0.2, 0.25) is 10.0 Å². The molecule has 0 saturated carbocycles. The van der Waals surface area contributed by atoms with Crippen LogP contribution in [0.1, 0.15) is 21.7 Å². The number of carbonyl (C=O) groups is 1. The third-order valence-electron chi connectivity index (χ3n) is 2.70. The number of benzene rings is 1. The fourth-order valence-electron chi connectivity index (χ4n) is 1.82. The molecule has 2 aromatic rings. The second-order valence-corrected chi connectivity index (χ2v) is 5.12. The highest BCUT2D eigenvalue weighted by Crippen LogP contribution is 2.27. The van der Waals surface area contributed by atoms with Crippen molar-refractivity contribution in [2.75, 3.05) is 6.61 Å². The molecule has 1 aromatic carbocycles. The predicted octanol–water partition coefficient (Wildman–Crippen LogP) is 4.20. The highest BCUT2D eigenvalue weighted by Gasteiger charge is 2.13. The summed E-state index contributed by atoms with van der Waals surface area (Å²) >= 11 is 11.8. The van der Waals surface area contributed by atoms with Gasteiger partial charge in [0.2, 0.25) is 5.78 Å². The summed E-state index contributed by atoms with van der Waals surface area (Å²) in [6.45, 7) is 3.68. The van der Waals surface area contributed by atoms with Crippen molar-refractivity contribution < 1.29 is 9.53 Å². The first-order valence-electron chi connectivity index (χ1n) is 5.74. The average Bonchev–Trinajstić information content (AvgIpc) is 2.69. The summed E-state index contributed by atoms with van der Waals surface area (Å²) in [5, 5.41) is 0.944. The summed E-state index contributed by atoms with van der Waals surface area (Å²) in [5.74, 6) is 0.310. The fraction of sp³-hybridized carbons (Fsp3) is 0.214. The van der Waals surface area contributed by atoms with Crippen LogP contribution in [0, 0.1) is 13.8 Å². The number of rotatable bonds is 4. The molecular weight excluding hydrogens is 285 g/mol. The van der Waals surface area contributed by atoms with Gasteiger partial charge in [-0.25, -0.2) is 0 Å². The van der Waals surface area contributed by atoms with Crippen LogP contribution in [0.25, 0.3) is 0 Å². The number of carbonyl (C=O) groups excluding carboxylic acids is 1. The molecule has 100 valence electrons. The maximum absolute atomic E-state index is 12.0. The standard InChI is InChI=1S/C14H13Cl2NO2/c1-8-5-11(9(2)17-8)13(18)7-19-14-6-10(15)3-4-12(14)16/h3-6,17H,7H2,1-2H3. The first kappa shape index (κ1) is 14.0. The molecule has 0 aliphatic carbocycles. The highest BCUT2D eigenvalue weighted by atomic mass is 35.5. The van der Waals surface area contributed by atoms with Gasteiger partial charge in [0.1, 0.15) is 5.75 Å². The Bertz CT molecular complexity index is 620. The van der Waals surface area contributed by atoms with Crippen molar-refractivity contribution in [3.63, 3.8) is 0 Å². The van der Waals surface area contributed by atoms with Crippen LogP contribution in [-0.2, 0) is 0 Å². The van der Waals surface area contributed by atoms with E-state index in [0.717, 1.165) is 11.4 Å². The molecular formula is C14H13Cl2NO2. The van der Waals surface area contributed by atoms with Gasteiger partial charge in [-0.2, -0.15) is 0 Å². The molecule has 0 atom stereocenters. The third kappa shape index (κ3) is 3.31. The minimum absolute atomic E-state index is 0.0712. The van der Waals surface area contributed by atoms with Crippen LogP contribution in [0.3, 0.4) is 0 Å². The van der Waals surface area contributed by atoms with E-state index >= 15 is 0 Å². The topological polar surface area (TPSA) is 42.1 Å². The Hall–Kier alpha value is -1.45. The van der Waals surface area contributed by atoms with Crippen LogP contribution in [0.5, 0.6) is 5.75 Å². The molecule has 1 heterocycles. The Morgan fingerprint density at radius 2 is 2.00 bits per heavy atom. The summed E-state index contributed by atoms with van der Waals surface area (Å²) in [7, 11) is 0. The molecule has 1 N–H and O–H groups in total. The highest BCUT2D eigenvalue weighted by molar-refractivity contribution is 6.34. The van der Waals surface area contributed by atoms with Gasteiger partial charge >= 0.3 is 0 Å². The molecule has 0 spiro atoms. The zero-order chi connectivity index (χ0) is 14.0. The van der Waals surface area contributed by atoms with Crippen molar-refractivity contribution in [3.8, 4) is 5.75 Å². The number of H-pyrrole nitrogens is 1. The van der Waals surface area contributed by atoms with Gasteiger partial charge in [-0.1, -0.05) is 23.2 Å². The van der Waals surface area contributed by atoms with Gasteiger partial charge in [0.25, 0.3) is 0 Å². The Kier molecular flexibility index (Phi) is 4.17. The van der Waals surface area contributed by atoms with Gasteiger partial charge in [0.05, 0.1) is 5.02 Å². The Labute approximate surface area is 121 Å². The largest absolute Gasteiger partial charge is 0.484 e. The number of Topliss-reactive ketones (excluding diaryl/α,β-unsaturated/α-hetero) is 1. The molecule has 3 nitrogen and oxygen atoms in total. The number of aromatic amines is 1. The number of hydrogen-bond donors (Lipinski definition) is 1. The molecule has 0 aliphatic heterocycles. The number of ether oxygens (including phenoxy) is 1. The van der Waals surface area contributed by atoms with E-state index in [4.69, 9.17) is 27.9 Å². The summed E-state index contributed by atoms with van der Waals surface area (Å²) < 4.78 is 5.42. The van der Waals surface area contributed by atoms with Crippen molar-refractivity contribution in [2.45, 2.75) is 13.8 Å². The Morgan fingerprint density at radius 3 is 2.63 bits per heavy atom. The second kappa shape index (κ2) is 5.68. The fourth-order valence-corrected chi connectivity index (χ4v) is 2.16. The van der Waals surface area contributed by atoms with Gasteiger partial charge in [0, 0.05) is 28.0 Å². The molecule has 0 bridgehead atoms. The van der Waals surface area contributed by atoms with E-state index in [1.54, 1.807) is 24.3 Å². The van der Waals surface area contributed by atoms with Gasteiger partial charge in [-0.3, -0.25) is 4.79 Å². The summed E-state index contributed by atoms with van der Waals surface area (Å²) in [4.78, 5) is 15.1. The van der Waals surface area contributed by atoms with Crippen molar-refractivity contribution in [3.05, 3.63) is 51.3 Å². The molecule has 0 amide bonds. The third-order valence-corrected chi connectivity index (χ3v) is 3.25. The van der Waals surface area contributed by atoms with Crippen molar-refractivity contribution in [2.24, 2.45) is 0 Å². The zero-order valence-corrected chi connectivity index (χ0v) is 12.1. The van der Waals surface area contributed by atoms with Gasteiger partial charge in [-0.15, -0.1) is 0 Å². The molecule has 0 aliphatic rings. The molecule has 0 saturated heterocycles. The minimum atomic E-state index is -0.0992. The summed E-state index contributed by atoms with van der Waals surface area (Å²) in [6, 6.07) is 6.70. The van der Waals surface area contributed by atoms with E-state index in [-0.39, 0.29) is 12.4 Å². The van der Waals surface area contributed by atoms with E-state index in [1.165, 1.54) is 0 Å². The van der Waals surface area contributed by atoms with Gasteiger partial charge < -0.3 is 9.72 Å². The number of ketones is 1. The van der Waals surface area contributed by atoms with Crippen molar-refractivity contribution in [1.29, 1.82) is 0 Å². The van der Waals surface area contributed by atoms with Crippen LogP contribution < -0.4 is 4.74 Å². The predicted molar refractivity (Wildman–Crippen MR) is 76.6 cm³/mol. The summed E-state index contributed by atoms with van der Waals surface area (Å²) in [6.07, 6.45) is 0. The average molecular weight is 298 g/mol. The minimum Gasteiger partial charge on any atom is -0.484 e. The maximum atomic E-state index is 12.0. The lowest BCUT2D eigenvalue weighted by atomic mass is 10.1. The van der Waals surface area contributed by atoms with Crippen molar-refractivity contribution >= 4 is 29.0 Å². The quantitative estimate of drug-likeness (QED) is 0.859. The molecule has 5 heteroatoms.